The van der Waals surface area contributed by atoms with E-state index in [1.54, 1.807) is 0 Å². The Hall–Kier alpha value is -1.24. The number of ether oxygens (including phenoxy) is 1. The first-order valence-electron chi connectivity index (χ1n) is 5.47. The number of allylic oxidation sites excluding steroid dienone is 1. The third-order valence-corrected chi connectivity index (χ3v) is 1.83. The van der Waals surface area contributed by atoms with Gasteiger partial charge in [0.25, 0.3) is 0 Å². The maximum absolute atomic E-state index is 5.79. The molecular weight excluding hydrogens is 184 g/mol. The van der Waals surface area contributed by atoms with Crippen molar-refractivity contribution in [1.29, 1.82) is 0 Å². The minimum absolute atomic E-state index is 0.132. The summed E-state index contributed by atoms with van der Waals surface area (Å²) in [4.78, 5) is 0. The Balaban J connectivity index is 2.79. The second kappa shape index (κ2) is 5.01. The van der Waals surface area contributed by atoms with Crippen LogP contribution in [0.2, 0.25) is 0 Å². The molecule has 0 heterocycles. The van der Waals surface area contributed by atoms with Crippen molar-refractivity contribution in [3.8, 4) is 5.75 Å². The van der Waals surface area contributed by atoms with Gasteiger partial charge in [0, 0.05) is 0 Å². The van der Waals surface area contributed by atoms with Crippen LogP contribution >= 0.6 is 0 Å². The fraction of sp³-hybridized carbons (Fsp3) is 0.429. The average molecular weight is 204 g/mol. The fourth-order valence-electron chi connectivity index (χ4n) is 1.29. The highest BCUT2D eigenvalue weighted by atomic mass is 16.5. The zero-order chi connectivity index (χ0) is 11.3. The molecule has 15 heavy (non-hydrogen) atoms. The zero-order valence-electron chi connectivity index (χ0n) is 10.1. The molecule has 0 N–H and O–H groups in total. The van der Waals surface area contributed by atoms with Crippen LogP contribution in [0.1, 0.15) is 39.7 Å². The van der Waals surface area contributed by atoms with Crippen LogP contribution < -0.4 is 4.74 Å². The maximum Gasteiger partial charge on any atom is 0.120 e. The Kier molecular flexibility index (Phi) is 3.96. The first-order valence-corrected chi connectivity index (χ1v) is 5.47. The van der Waals surface area contributed by atoms with Gasteiger partial charge in [-0.2, -0.15) is 0 Å². The highest BCUT2D eigenvalue weighted by molar-refractivity contribution is 5.51. The summed E-state index contributed by atoms with van der Waals surface area (Å²) in [5.41, 5.74) is 1.06. The fourth-order valence-corrected chi connectivity index (χ4v) is 1.29. The van der Waals surface area contributed by atoms with Crippen molar-refractivity contribution in [2.24, 2.45) is 0 Å². The van der Waals surface area contributed by atoms with E-state index in [-0.39, 0.29) is 5.60 Å². The molecule has 0 amide bonds. The van der Waals surface area contributed by atoms with E-state index < -0.39 is 0 Å². The largest absolute Gasteiger partial charge is 0.488 e. The van der Waals surface area contributed by atoms with Gasteiger partial charge < -0.3 is 4.74 Å². The lowest BCUT2D eigenvalue weighted by Gasteiger charge is -2.21. The quantitative estimate of drug-likeness (QED) is 0.713. The van der Waals surface area contributed by atoms with Gasteiger partial charge in [0.05, 0.1) is 0 Å². The second-order valence-corrected chi connectivity index (χ2v) is 4.60. The van der Waals surface area contributed by atoms with Crippen LogP contribution in [0.25, 0.3) is 6.08 Å². The van der Waals surface area contributed by atoms with E-state index >= 15 is 0 Å². The van der Waals surface area contributed by atoms with E-state index in [4.69, 9.17) is 4.74 Å². The van der Waals surface area contributed by atoms with Gasteiger partial charge in [-0.1, -0.05) is 31.2 Å². The van der Waals surface area contributed by atoms with Crippen LogP contribution in [-0.2, 0) is 0 Å². The highest BCUT2D eigenvalue weighted by Crippen LogP contribution is 2.19. The predicted molar refractivity (Wildman–Crippen MR) is 66.1 cm³/mol. The lowest BCUT2D eigenvalue weighted by molar-refractivity contribution is 0.131. The molecule has 0 atom stereocenters. The highest BCUT2D eigenvalue weighted by Gasteiger charge is 2.11. The summed E-state index contributed by atoms with van der Waals surface area (Å²) in [6, 6.07) is 8.17. The smallest absolute Gasteiger partial charge is 0.120 e. The summed E-state index contributed by atoms with van der Waals surface area (Å²) in [5.74, 6) is 0.931. The molecule has 0 aliphatic carbocycles. The van der Waals surface area contributed by atoms with E-state index in [0.29, 0.717) is 0 Å². The summed E-state index contributed by atoms with van der Waals surface area (Å²) < 4.78 is 5.79. The maximum atomic E-state index is 5.79. The normalized spacial score (nSPS) is 12.0. The van der Waals surface area contributed by atoms with Gasteiger partial charge in [-0.05, 0) is 44.9 Å². The van der Waals surface area contributed by atoms with E-state index in [2.05, 4.69) is 52.0 Å². The number of rotatable bonds is 3. The molecule has 0 radical (unpaired) electrons. The standard InChI is InChI=1S/C14H20O/c1-5-6-8-12-9-7-10-13(11-12)15-14(2,3)4/h6-11H,5H2,1-4H3. The van der Waals surface area contributed by atoms with Gasteiger partial charge in [0.1, 0.15) is 11.4 Å². The molecule has 1 aromatic rings. The van der Waals surface area contributed by atoms with Gasteiger partial charge in [0.2, 0.25) is 0 Å². The van der Waals surface area contributed by atoms with Crippen molar-refractivity contribution in [1.82, 2.24) is 0 Å². The van der Waals surface area contributed by atoms with E-state index in [9.17, 15) is 0 Å². The lowest BCUT2D eigenvalue weighted by atomic mass is 10.1. The van der Waals surface area contributed by atoms with Crippen molar-refractivity contribution in [3.63, 3.8) is 0 Å². The van der Waals surface area contributed by atoms with Crippen LogP contribution in [0.15, 0.2) is 30.3 Å². The summed E-state index contributed by atoms with van der Waals surface area (Å²) in [7, 11) is 0. The molecule has 1 heteroatoms. The van der Waals surface area contributed by atoms with Gasteiger partial charge in [0.15, 0.2) is 0 Å². The summed E-state index contributed by atoms with van der Waals surface area (Å²) in [5, 5.41) is 0. The molecule has 0 aromatic heterocycles. The minimum atomic E-state index is -0.132. The molecule has 0 fully saturated rings. The molecule has 0 saturated heterocycles. The lowest BCUT2D eigenvalue weighted by Crippen LogP contribution is -2.22. The van der Waals surface area contributed by atoms with Crippen molar-refractivity contribution in [2.75, 3.05) is 0 Å². The Morgan fingerprint density at radius 3 is 2.60 bits per heavy atom. The van der Waals surface area contributed by atoms with E-state index in [1.807, 2.05) is 12.1 Å². The number of hydrogen-bond donors (Lipinski definition) is 0. The monoisotopic (exact) mass is 204 g/mol. The van der Waals surface area contributed by atoms with Crippen molar-refractivity contribution in [2.45, 2.75) is 39.7 Å². The molecule has 82 valence electrons. The zero-order valence-corrected chi connectivity index (χ0v) is 10.1. The molecule has 1 aromatic carbocycles. The van der Waals surface area contributed by atoms with E-state index in [1.165, 1.54) is 5.56 Å². The van der Waals surface area contributed by atoms with Crippen LogP contribution in [0.5, 0.6) is 5.75 Å². The summed E-state index contributed by atoms with van der Waals surface area (Å²) in [6.45, 7) is 8.30. The van der Waals surface area contributed by atoms with Gasteiger partial charge >= 0.3 is 0 Å². The third-order valence-electron chi connectivity index (χ3n) is 1.83. The van der Waals surface area contributed by atoms with Crippen molar-refractivity contribution in [3.05, 3.63) is 35.9 Å². The third kappa shape index (κ3) is 4.68. The molecule has 1 nitrogen and oxygen atoms in total. The van der Waals surface area contributed by atoms with Crippen molar-refractivity contribution >= 4 is 6.08 Å². The van der Waals surface area contributed by atoms with Crippen LogP contribution in [0, 0.1) is 0 Å². The van der Waals surface area contributed by atoms with Crippen LogP contribution in [-0.4, -0.2) is 5.60 Å². The van der Waals surface area contributed by atoms with Gasteiger partial charge in [-0.15, -0.1) is 0 Å². The molecular formula is C14H20O. The second-order valence-electron chi connectivity index (χ2n) is 4.60. The molecule has 0 saturated carbocycles. The summed E-state index contributed by atoms with van der Waals surface area (Å²) >= 11 is 0. The van der Waals surface area contributed by atoms with Gasteiger partial charge in [-0.25, -0.2) is 0 Å². The van der Waals surface area contributed by atoms with Gasteiger partial charge in [-0.3, -0.25) is 0 Å². The van der Waals surface area contributed by atoms with E-state index in [0.717, 1.165) is 12.2 Å². The number of hydrogen-bond acceptors (Lipinski definition) is 1. The minimum Gasteiger partial charge on any atom is -0.488 e. The topological polar surface area (TPSA) is 9.23 Å². The molecule has 0 spiro atoms. The summed E-state index contributed by atoms with van der Waals surface area (Å²) in [6.07, 6.45) is 5.33. The Morgan fingerprint density at radius 2 is 2.00 bits per heavy atom. The van der Waals surface area contributed by atoms with Crippen LogP contribution in [0.4, 0.5) is 0 Å². The Bertz CT molecular complexity index is 331. The molecule has 0 unspecified atom stereocenters. The first-order chi connectivity index (χ1) is 7.01. The molecule has 0 aliphatic heterocycles. The predicted octanol–water partition coefficient (Wildman–Crippen LogP) is 4.29. The number of benzene rings is 1. The SMILES string of the molecule is CCC=Cc1cccc(OC(C)(C)C)c1. The molecule has 0 bridgehead atoms. The molecule has 0 aliphatic rings. The van der Waals surface area contributed by atoms with Crippen LogP contribution in [0.3, 0.4) is 0 Å². The first kappa shape index (κ1) is 11.8. The molecule has 1 rings (SSSR count). The Morgan fingerprint density at radius 1 is 1.27 bits per heavy atom. The average Bonchev–Trinajstić information content (AvgIpc) is 2.12. The van der Waals surface area contributed by atoms with Crippen molar-refractivity contribution < 1.29 is 4.74 Å². The Labute approximate surface area is 92.8 Å².